The zero-order valence-electron chi connectivity index (χ0n) is 14.3. The molecule has 1 aromatic carbocycles. The molecule has 0 radical (unpaired) electrons. The summed E-state index contributed by atoms with van der Waals surface area (Å²) < 4.78 is 5.47. The van der Waals surface area contributed by atoms with E-state index in [1.807, 2.05) is 19.1 Å². The predicted molar refractivity (Wildman–Crippen MR) is 91.3 cm³/mol. The van der Waals surface area contributed by atoms with Crippen LogP contribution in [0, 0.1) is 11.8 Å². The minimum Gasteiger partial charge on any atom is -0.494 e. The Bertz CT molecular complexity index is 525. The van der Waals surface area contributed by atoms with Crippen molar-refractivity contribution in [2.45, 2.75) is 45.7 Å². The van der Waals surface area contributed by atoms with E-state index >= 15 is 0 Å². The van der Waals surface area contributed by atoms with Crippen LogP contribution in [0.3, 0.4) is 0 Å². The molecule has 126 valence electrons. The van der Waals surface area contributed by atoms with Crippen LogP contribution in [-0.4, -0.2) is 36.5 Å². The lowest BCUT2D eigenvalue weighted by atomic mass is 9.93. The average molecular weight is 316 g/mol. The third kappa shape index (κ3) is 4.25. The average Bonchev–Trinajstić information content (AvgIpc) is 3.39. The third-order valence-corrected chi connectivity index (χ3v) is 4.95. The molecule has 4 heteroatoms. The summed E-state index contributed by atoms with van der Waals surface area (Å²) in [5.74, 6) is 2.17. The molecular weight excluding hydrogens is 288 g/mol. The van der Waals surface area contributed by atoms with Gasteiger partial charge in [0.1, 0.15) is 5.75 Å². The first-order chi connectivity index (χ1) is 11.2. The molecule has 0 bridgehead atoms. The number of rotatable bonds is 6. The molecule has 4 nitrogen and oxygen atoms in total. The highest BCUT2D eigenvalue weighted by Crippen LogP contribution is 2.32. The van der Waals surface area contributed by atoms with Crippen molar-refractivity contribution in [3.05, 3.63) is 29.8 Å². The van der Waals surface area contributed by atoms with Crippen molar-refractivity contribution in [2.24, 2.45) is 11.8 Å². The van der Waals surface area contributed by atoms with Crippen molar-refractivity contribution in [1.82, 2.24) is 10.2 Å². The van der Waals surface area contributed by atoms with Crippen LogP contribution < -0.4 is 10.1 Å². The quantitative estimate of drug-likeness (QED) is 0.877. The van der Waals surface area contributed by atoms with Gasteiger partial charge in [-0.25, -0.2) is 0 Å². The summed E-state index contributed by atoms with van der Waals surface area (Å²) in [6.07, 6.45) is 3.25. The van der Waals surface area contributed by atoms with Crippen LogP contribution in [-0.2, 0) is 11.3 Å². The standard InChI is InChI=1S/C19H28N2O2/c1-3-23-17-8-4-15(5-9-17)12-20-18-10-11-21(13-14(18)2)19(22)16-6-7-16/h4-5,8-9,14,16,18,20H,3,6-7,10-13H2,1-2H3/t14-,18-/m0/s1. The fourth-order valence-corrected chi connectivity index (χ4v) is 3.36. The van der Waals surface area contributed by atoms with Gasteiger partial charge in [-0.15, -0.1) is 0 Å². The maximum atomic E-state index is 12.2. The molecule has 0 unspecified atom stereocenters. The first-order valence-corrected chi connectivity index (χ1v) is 8.91. The molecule has 1 N–H and O–H groups in total. The minimum absolute atomic E-state index is 0.343. The lowest BCUT2D eigenvalue weighted by molar-refractivity contribution is -0.134. The Morgan fingerprint density at radius 3 is 2.61 bits per heavy atom. The summed E-state index contributed by atoms with van der Waals surface area (Å²) in [6.45, 7) is 7.63. The van der Waals surface area contributed by atoms with Gasteiger partial charge in [0, 0.05) is 31.6 Å². The monoisotopic (exact) mass is 316 g/mol. The van der Waals surface area contributed by atoms with E-state index < -0.39 is 0 Å². The fraction of sp³-hybridized carbons (Fsp3) is 0.632. The van der Waals surface area contributed by atoms with Gasteiger partial charge in [-0.3, -0.25) is 4.79 Å². The summed E-state index contributed by atoms with van der Waals surface area (Å²) in [5.41, 5.74) is 1.28. The van der Waals surface area contributed by atoms with Crippen LogP contribution in [0.1, 0.15) is 38.7 Å². The zero-order chi connectivity index (χ0) is 16.2. The van der Waals surface area contributed by atoms with Crippen LogP contribution in [0.4, 0.5) is 0 Å². The maximum absolute atomic E-state index is 12.2. The maximum Gasteiger partial charge on any atom is 0.225 e. The Morgan fingerprint density at radius 2 is 2.00 bits per heavy atom. The van der Waals surface area contributed by atoms with Crippen LogP contribution in [0.5, 0.6) is 5.75 Å². The second-order valence-corrected chi connectivity index (χ2v) is 6.89. The summed E-state index contributed by atoms with van der Waals surface area (Å²) in [7, 11) is 0. The summed E-state index contributed by atoms with van der Waals surface area (Å²) in [5, 5.41) is 3.66. The van der Waals surface area contributed by atoms with Gasteiger partial charge in [-0.05, 0) is 49.8 Å². The highest BCUT2D eigenvalue weighted by molar-refractivity contribution is 5.81. The Kier molecular flexibility index (Phi) is 5.21. The lowest BCUT2D eigenvalue weighted by Crippen LogP contribution is -2.50. The Labute approximate surface area is 139 Å². The summed E-state index contributed by atoms with van der Waals surface area (Å²) >= 11 is 0. The summed E-state index contributed by atoms with van der Waals surface area (Å²) in [6, 6.07) is 8.79. The highest BCUT2D eigenvalue weighted by atomic mass is 16.5. The van der Waals surface area contributed by atoms with E-state index in [9.17, 15) is 4.79 Å². The number of nitrogens with zero attached hydrogens (tertiary/aromatic N) is 1. The SMILES string of the molecule is CCOc1ccc(CN[C@H]2CCN(C(=O)C3CC3)C[C@@H]2C)cc1. The number of hydrogen-bond acceptors (Lipinski definition) is 3. The zero-order valence-corrected chi connectivity index (χ0v) is 14.3. The molecule has 1 aliphatic heterocycles. The molecule has 0 aromatic heterocycles. The second kappa shape index (κ2) is 7.35. The molecule has 0 spiro atoms. The van der Waals surface area contributed by atoms with Crippen molar-refractivity contribution in [3.63, 3.8) is 0 Å². The van der Waals surface area contributed by atoms with Crippen LogP contribution in [0.2, 0.25) is 0 Å². The van der Waals surface area contributed by atoms with Crippen molar-refractivity contribution >= 4 is 5.91 Å². The smallest absolute Gasteiger partial charge is 0.225 e. The third-order valence-electron chi connectivity index (χ3n) is 4.95. The molecule has 3 rings (SSSR count). The molecule has 23 heavy (non-hydrogen) atoms. The van der Waals surface area contributed by atoms with Gasteiger partial charge in [0.25, 0.3) is 0 Å². The number of piperidine rings is 1. The van der Waals surface area contributed by atoms with Gasteiger partial charge in [0.15, 0.2) is 0 Å². The molecule has 1 saturated carbocycles. The minimum atomic E-state index is 0.343. The molecule has 2 atom stereocenters. The molecule has 1 amide bonds. The lowest BCUT2D eigenvalue weighted by Gasteiger charge is -2.37. The van der Waals surface area contributed by atoms with Crippen LogP contribution >= 0.6 is 0 Å². The summed E-state index contributed by atoms with van der Waals surface area (Å²) in [4.78, 5) is 14.3. The van der Waals surface area contributed by atoms with Crippen molar-refractivity contribution in [3.8, 4) is 5.75 Å². The van der Waals surface area contributed by atoms with Crippen molar-refractivity contribution in [2.75, 3.05) is 19.7 Å². The number of nitrogens with one attached hydrogen (secondary N) is 1. The van der Waals surface area contributed by atoms with Gasteiger partial charge in [-0.2, -0.15) is 0 Å². The Balaban J connectivity index is 1.46. The van der Waals surface area contributed by atoms with Gasteiger partial charge in [-0.1, -0.05) is 19.1 Å². The van der Waals surface area contributed by atoms with Gasteiger partial charge in [0.2, 0.25) is 5.91 Å². The highest BCUT2D eigenvalue weighted by Gasteiger charge is 2.36. The van der Waals surface area contributed by atoms with Crippen LogP contribution in [0.25, 0.3) is 0 Å². The molecule has 2 aliphatic rings. The van der Waals surface area contributed by atoms with Crippen molar-refractivity contribution in [1.29, 1.82) is 0 Å². The number of ether oxygens (including phenoxy) is 1. The second-order valence-electron chi connectivity index (χ2n) is 6.89. The normalized spacial score (nSPS) is 24.5. The molecule has 1 aliphatic carbocycles. The van der Waals surface area contributed by atoms with Gasteiger partial charge < -0.3 is 15.0 Å². The molecule has 1 saturated heterocycles. The number of hydrogen-bond donors (Lipinski definition) is 1. The van der Waals surface area contributed by atoms with Gasteiger partial charge in [0.05, 0.1) is 6.61 Å². The van der Waals surface area contributed by atoms with E-state index in [-0.39, 0.29) is 0 Å². The number of benzene rings is 1. The molecule has 1 heterocycles. The first kappa shape index (κ1) is 16.3. The number of likely N-dealkylation sites (tertiary alicyclic amines) is 1. The van der Waals surface area contributed by atoms with E-state index in [0.29, 0.717) is 30.4 Å². The Morgan fingerprint density at radius 1 is 1.26 bits per heavy atom. The predicted octanol–water partition coefficient (Wildman–Crippen LogP) is 2.82. The van der Waals surface area contributed by atoms with E-state index in [4.69, 9.17) is 4.74 Å². The van der Waals surface area contributed by atoms with Gasteiger partial charge >= 0.3 is 0 Å². The molecule has 1 aromatic rings. The van der Waals surface area contributed by atoms with Crippen LogP contribution in [0.15, 0.2) is 24.3 Å². The van der Waals surface area contributed by atoms with E-state index in [1.54, 1.807) is 0 Å². The largest absolute Gasteiger partial charge is 0.494 e. The van der Waals surface area contributed by atoms with E-state index in [0.717, 1.165) is 44.6 Å². The van der Waals surface area contributed by atoms with Crippen molar-refractivity contribution < 1.29 is 9.53 Å². The van der Waals surface area contributed by atoms with E-state index in [1.165, 1.54) is 5.56 Å². The Hall–Kier alpha value is -1.55. The number of carbonyl (C=O) groups excluding carboxylic acids is 1. The topological polar surface area (TPSA) is 41.6 Å². The first-order valence-electron chi connectivity index (χ1n) is 8.91. The number of amides is 1. The number of carbonyl (C=O) groups is 1. The fourth-order valence-electron chi connectivity index (χ4n) is 3.36. The molecule has 2 fully saturated rings. The molecular formula is C19H28N2O2. The van der Waals surface area contributed by atoms with E-state index in [2.05, 4.69) is 29.3 Å².